The molecule has 2 atom stereocenters. The minimum Gasteiger partial charge on any atom is -0.494 e. The van der Waals surface area contributed by atoms with E-state index in [1.807, 2.05) is 30.3 Å². The first-order chi connectivity index (χ1) is 8.86. The molecule has 0 N–H and O–H groups in total. The summed E-state index contributed by atoms with van der Waals surface area (Å²) < 4.78 is 16.5. The third-order valence-electron chi connectivity index (χ3n) is 2.80. The fourth-order valence-electron chi connectivity index (χ4n) is 1.80. The van der Waals surface area contributed by atoms with Crippen molar-refractivity contribution in [2.24, 2.45) is 0 Å². The molecule has 18 heavy (non-hydrogen) atoms. The van der Waals surface area contributed by atoms with Crippen molar-refractivity contribution >= 4 is 11.6 Å². The third-order valence-corrected chi connectivity index (χ3v) is 3.23. The van der Waals surface area contributed by atoms with Crippen LogP contribution in [0.4, 0.5) is 0 Å². The average molecular weight is 271 g/mol. The van der Waals surface area contributed by atoms with Gasteiger partial charge >= 0.3 is 0 Å². The van der Waals surface area contributed by atoms with E-state index in [0.717, 1.165) is 25.0 Å². The average Bonchev–Trinajstić information content (AvgIpc) is 2.81. The van der Waals surface area contributed by atoms with Gasteiger partial charge in [-0.1, -0.05) is 18.2 Å². The number of para-hydroxylation sites is 1. The monoisotopic (exact) mass is 270 g/mol. The summed E-state index contributed by atoms with van der Waals surface area (Å²) in [6.45, 7) is 2.09. The van der Waals surface area contributed by atoms with Crippen LogP contribution in [0.3, 0.4) is 0 Å². The van der Waals surface area contributed by atoms with Gasteiger partial charge in [-0.3, -0.25) is 0 Å². The van der Waals surface area contributed by atoms with E-state index in [1.54, 1.807) is 0 Å². The molecule has 3 nitrogen and oxygen atoms in total. The van der Waals surface area contributed by atoms with Crippen LogP contribution < -0.4 is 4.74 Å². The number of rotatable bonds is 7. The number of ether oxygens (including phenoxy) is 3. The van der Waals surface area contributed by atoms with Crippen molar-refractivity contribution in [3.63, 3.8) is 0 Å². The maximum Gasteiger partial charge on any atom is 0.173 e. The molecule has 1 fully saturated rings. The van der Waals surface area contributed by atoms with Gasteiger partial charge in [0.15, 0.2) is 6.29 Å². The quantitative estimate of drug-likeness (QED) is 0.562. The van der Waals surface area contributed by atoms with Crippen molar-refractivity contribution < 1.29 is 14.2 Å². The molecule has 1 aliphatic rings. The van der Waals surface area contributed by atoms with Crippen molar-refractivity contribution in [1.29, 1.82) is 0 Å². The molecule has 0 amide bonds. The Hall–Kier alpha value is -0.770. The summed E-state index contributed by atoms with van der Waals surface area (Å²) in [5, 5.41) is 0.00516. The lowest BCUT2D eigenvalue weighted by Gasteiger charge is -2.14. The van der Waals surface area contributed by atoms with Gasteiger partial charge in [0.1, 0.15) is 5.75 Å². The molecule has 0 spiro atoms. The van der Waals surface area contributed by atoms with E-state index in [9.17, 15) is 0 Å². The van der Waals surface area contributed by atoms with E-state index in [-0.39, 0.29) is 11.7 Å². The molecule has 2 unspecified atom stereocenters. The van der Waals surface area contributed by atoms with Crippen LogP contribution >= 0.6 is 11.6 Å². The predicted molar refractivity (Wildman–Crippen MR) is 71.1 cm³/mol. The number of benzene rings is 1. The van der Waals surface area contributed by atoms with Crippen LogP contribution in [0.15, 0.2) is 30.3 Å². The lowest BCUT2D eigenvalue weighted by Crippen LogP contribution is -2.20. The highest BCUT2D eigenvalue weighted by molar-refractivity contribution is 6.21. The normalized spacial score (nSPS) is 23.2. The van der Waals surface area contributed by atoms with Gasteiger partial charge in [0, 0.05) is 6.61 Å². The number of hydrogen-bond donors (Lipinski definition) is 0. The number of hydrogen-bond acceptors (Lipinski definition) is 3. The van der Waals surface area contributed by atoms with Gasteiger partial charge in [0.2, 0.25) is 0 Å². The zero-order valence-electron chi connectivity index (χ0n) is 10.4. The van der Waals surface area contributed by atoms with Gasteiger partial charge in [-0.05, 0) is 31.4 Å². The van der Waals surface area contributed by atoms with Crippen LogP contribution in [0.2, 0.25) is 0 Å². The van der Waals surface area contributed by atoms with Gasteiger partial charge in [-0.15, -0.1) is 11.6 Å². The summed E-state index contributed by atoms with van der Waals surface area (Å²) in [5.41, 5.74) is 0. The first-order valence-electron chi connectivity index (χ1n) is 6.41. The maximum atomic E-state index is 6.02. The van der Waals surface area contributed by atoms with E-state index in [1.165, 1.54) is 0 Å². The van der Waals surface area contributed by atoms with E-state index in [0.29, 0.717) is 19.8 Å². The number of unbranched alkanes of at least 4 members (excludes halogenated alkanes) is 1. The highest BCUT2D eigenvalue weighted by Crippen LogP contribution is 2.20. The predicted octanol–water partition coefficient (Wildman–Crippen LogP) is 3.22. The van der Waals surface area contributed by atoms with Crippen LogP contribution in [0.1, 0.15) is 19.3 Å². The second-order valence-electron chi connectivity index (χ2n) is 4.28. The van der Waals surface area contributed by atoms with E-state index >= 15 is 0 Å². The standard InChI is InChI=1S/C14H19ClO3/c15-13-8-11-18-14(13)17-10-5-4-9-16-12-6-2-1-3-7-12/h1-3,6-7,13-14H,4-5,8-11H2. The minimum atomic E-state index is -0.221. The molecule has 2 rings (SSSR count). The molecule has 1 heterocycles. The van der Waals surface area contributed by atoms with Crippen molar-refractivity contribution in [2.75, 3.05) is 19.8 Å². The van der Waals surface area contributed by atoms with Crippen LogP contribution in [-0.2, 0) is 9.47 Å². The Balaban J connectivity index is 1.49. The molecular weight excluding hydrogens is 252 g/mol. The highest BCUT2D eigenvalue weighted by atomic mass is 35.5. The van der Waals surface area contributed by atoms with Gasteiger partial charge < -0.3 is 14.2 Å². The second kappa shape index (κ2) is 7.62. The topological polar surface area (TPSA) is 27.7 Å². The van der Waals surface area contributed by atoms with Gasteiger partial charge in [-0.25, -0.2) is 0 Å². The Bertz CT molecular complexity index is 331. The van der Waals surface area contributed by atoms with Crippen LogP contribution in [0, 0.1) is 0 Å². The molecule has 4 heteroatoms. The lowest BCUT2D eigenvalue weighted by atomic mass is 10.3. The largest absolute Gasteiger partial charge is 0.494 e. The molecular formula is C14H19ClO3. The summed E-state index contributed by atoms with van der Waals surface area (Å²) in [5.74, 6) is 0.915. The minimum absolute atomic E-state index is 0.00516. The van der Waals surface area contributed by atoms with Crippen LogP contribution in [-0.4, -0.2) is 31.5 Å². The van der Waals surface area contributed by atoms with Gasteiger partial charge in [-0.2, -0.15) is 0 Å². The first-order valence-corrected chi connectivity index (χ1v) is 6.85. The smallest absolute Gasteiger partial charge is 0.173 e. The number of alkyl halides is 1. The second-order valence-corrected chi connectivity index (χ2v) is 4.84. The fraction of sp³-hybridized carbons (Fsp3) is 0.571. The van der Waals surface area contributed by atoms with Crippen molar-refractivity contribution in [1.82, 2.24) is 0 Å². The maximum absolute atomic E-state index is 6.02. The Morgan fingerprint density at radius 1 is 1.17 bits per heavy atom. The van der Waals surface area contributed by atoms with Crippen molar-refractivity contribution in [3.8, 4) is 5.75 Å². The molecule has 0 radical (unpaired) electrons. The SMILES string of the molecule is ClC1CCOC1OCCCCOc1ccccc1. The summed E-state index contributed by atoms with van der Waals surface area (Å²) in [6, 6.07) is 9.83. The van der Waals surface area contributed by atoms with Gasteiger partial charge in [0.25, 0.3) is 0 Å². The highest BCUT2D eigenvalue weighted by Gasteiger charge is 2.26. The van der Waals surface area contributed by atoms with E-state index in [2.05, 4.69) is 0 Å². The summed E-state index contributed by atoms with van der Waals surface area (Å²) in [7, 11) is 0. The lowest BCUT2D eigenvalue weighted by molar-refractivity contribution is -0.110. The number of halogens is 1. The molecule has 0 aliphatic carbocycles. The molecule has 1 aromatic carbocycles. The molecule has 100 valence electrons. The molecule has 0 aromatic heterocycles. The van der Waals surface area contributed by atoms with Crippen LogP contribution in [0.25, 0.3) is 0 Å². The van der Waals surface area contributed by atoms with Gasteiger partial charge in [0.05, 0.1) is 18.6 Å². The first kappa shape index (κ1) is 13.7. The summed E-state index contributed by atoms with van der Waals surface area (Å²) in [4.78, 5) is 0. The Morgan fingerprint density at radius 3 is 2.67 bits per heavy atom. The zero-order chi connectivity index (χ0) is 12.6. The Morgan fingerprint density at radius 2 is 1.94 bits per heavy atom. The third kappa shape index (κ3) is 4.48. The Labute approximate surface area is 113 Å². The van der Waals surface area contributed by atoms with Crippen LogP contribution in [0.5, 0.6) is 5.75 Å². The molecule has 1 aromatic rings. The Kier molecular flexibility index (Phi) is 5.78. The van der Waals surface area contributed by atoms with E-state index < -0.39 is 0 Å². The fourth-order valence-corrected chi connectivity index (χ4v) is 2.03. The molecule has 1 aliphatic heterocycles. The van der Waals surface area contributed by atoms with E-state index in [4.69, 9.17) is 25.8 Å². The van der Waals surface area contributed by atoms with Crippen molar-refractivity contribution in [3.05, 3.63) is 30.3 Å². The summed E-state index contributed by atoms with van der Waals surface area (Å²) in [6.07, 6.45) is 2.58. The molecule has 0 saturated carbocycles. The summed E-state index contributed by atoms with van der Waals surface area (Å²) >= 11 is 6.02. The zero-order valence-corrected chi connectivity index (χ0v) is 11.1. The molecule has 1 saturated heterocycles. The van der Waals surface area contributed by atoms with Crippen molar-refractivity contribution in [2.45, 2.75) is 30.9 Å². The molecule has 0 bridgehead atoms.